The molecular formula is C26H28N8O. The van der Waals surface area contributed by atoms with Crippen molar-refractivity contribution in [3.63, 3.8) is 0 Å². The molecule has 0 aliphatic carbocycles. The molecule has 0 unspecified atom stereocenters. The summed E-state index contributed by atoms with van der Waals surface area (Å²) in [6.45, 7) is 9.61. The van der Waals surface area contributed by atoms with Crippen LogP contribution in [-0.2, 0) is 24.4 Å². The Hall–Kier alpha value is -4.27. The van der Waals surface area contributed by atoms with Gasteiger partial charge in [-0.05, 0) is 44.9 Å². The number of amides is 1. The lowest BCUT2D eigenvalue weighted by Gasteiger charge is -2.06. The summed E-state index contributed by atoms with van der Waals surface area (Å²) in [5.41, 5.74) is 7.75. The molecule has 0 saturated carbocycles. The largest absolute Gasteiger partial charge is 0.322 e. The van der Waals surface area contributed by atoms with Crippen molar-refractivity contribution < 1.29 is 4.79 Å². The second-order valence-electron chi connectivity index (χ2n) is 8.71. The highest BCUT2D eigenvalue weighted by atomic mass is 16.2. The van der Waals surface area contributed by atoms with Gasteiger partial charge in [-0.2, -0.15) is 15.3 Å². The van der Waals surface area contributed by atoms with Crippen LogP contribution in [0.4, 0.5) is 5.69 Å². The van der Waals surface area contributed by atoms with Crippen molar-refractivity contribution >= 4 is 22.6 Å². The average Bonchev–Trinajstić information content (AvgIpc) is 3.53. The lowest BCUT2D eigenvalue weighted by molar-refractivity contribution is -0.116. The van der Waals surface area contributed by atoms with E-state index in [9.17, 15) is 4.79 Å². The van der Waals surface area contributed by atoms with Gasteiger partial charge in [0.1, 0.15) is 6.54 Å². The van der Waals surface area contributed by atoms with Crippen molar-refractivity contribution in [1.82, 2.24) is 34.3 Å². The number of aromatic nitrogens is 7. The summed E-state index contributed by atoms with van der Waals surface area (Å²) in [4.78, 5) is 17.4. The molecule has 9 nitrogen and oxygen atoms in total. The molecule has 4 heterocycles. The maximum atomic E-state index is 12.8. The fraction of sp³-hybridized carbons (Fsp3) is 0.269. The molecule has 35 heavy (non-hydrogen) atoms. The monoisotopic (exact) mass is 468 g/mol. The minimum atomic E-state index is -0.188. The number of rotatable bonds is 7. The van der Waals surface area contributed by atoms with Gasteiger partial charge in [0.25, 0.3) is 0 Å². The second kappa shape index (κ2) is 9.17. The highest BCUT2D eigenvalue weighted by Gasteiger charge is 2.16. The molecule has 0 bridgehead atoms. The van der Waals surface area contributed by atoms with Gasteiger partial charge in [-0.1, -0.05) is 29.8 Å². The Morgan fingerprint density at radius 3 is 2.54 bits per heavy atom. The molecule has 0 atom stereocenters. The molecule has 0 radical (unpaired) electrons. The number of hydrogen-bond donors (Lipinski definition) is 1. The van der Waals surface area contributed by atoms with E-state index in [0.29, 0.717) is 17.9 Å². The molecular weight excluding hydrogens is 440 g/mol. The summed E-state index contributed by atoms with van der Waals surface area (Å²) in [7, 11) is 0. The van der Waals surface area contributed by atoms with Crippen molar-refractivity contribution in [3.8, 4) is 11.1 Å². The summed E-state index contributed by atoms with van der Waals surface area (Å²) in [5.74, 6) is -0.188. The highest BCUT2D eigenvalue weighted by Crippen LogP contribution is 2.30. The van der Waals surface area contributed by atoms with Crippen LogP contribution in [0.15, 0.2) is 55.1 Å². The molecule has 1 aromatic carbocycles. The molecule has 0 fully saturated rings. The van der Waals surface area contributed by atoms with E-state index >= 15 is 0 Å². The Labute approximate surface area is 203 Å². The molecule has 0 aliphatic rings. The van der Waals surface area contributed by atoms with Gasteiger partial charge < -0.3 is 5.32 Å². The zero-order valence-corrected chi connectivity index (χ0v) is 20.4. The summed E-state index contributed by atoms with van der Waals surface area (Å²) in [6, 6.07) is 10.4. The number of anilines is 1. The number of aryl methyl sites for hydroxylation is 3. The number of carbonyl (C=O) groups is 1. The first-order valence-electron chi connectivity index (χ1n) is 11.7. The topological polar surface area (TPSA) is 95.5 Å². The first-order valence-corrected chi connectivity index (χ1v) is 11.7. The number of fused-ring (bicyclic) bond motifs is 1. The van der Waals surface area contributed by atoms with Gasteiger partial charge in [-0.25, -0.2) is 9.67 Å². The summed E-state index contributed by atoms with van der Waals surface area (Å²) < 4.78 is 5.41. The summed E-state index contributed by atoms with van der Waals surface area (Å²) in [6.07, 6.45) is 7.10. The molecule has 1 amide bonds. The van der Waals surface area contributed by atoms with Gasteiger partial charge in [0, 0.05) is 35.6 Å². The number of hydrogen-bond acceptors (Lipinski definition) is 5. The predicted molar refractivity (Wildman–Crippen MR) is 135 cm³/mol. The molecule has 0 spiro atoms. The Kier molecular flexibility index (Phi) is 5.90. The van der Waals surface area contributed by atoms with E-state index in [2.05, 4.69) is 63.7 Å². The van der Waals surface area contributed by atoms with Crippen LogP contribution in [0.3, 0.4) is 0 Å². The molecule has 9 heteroatoms. The first-order chi connectivity index (χ1) is 16.9. The van der Waals surface area contributed by atoms with Crippen molar-refractivity contribution in [2.75, 3.05) is 5.32 Å². The van der Waals surface area contributed by atoms with Crippen LogP contribution in [-0.4, -0.2) is 40.2 Å². The minimum absolute atomic E-state index is 0.0578. The average molecular weight is 469 g/mol. The number of nitrogens with zero attached hydrogens (tertiary/aromatic N) is 7. The Morgan fingerprint density at radius 2 is 1.80 bits per heavy atom. The fourth-order valence-electron chi connectivity index (χ4n) is 4.35. The third-order valence-corrected chi connectivity index (χ3v) is 6.22. The molecule has 0 saturated heterocycles. The zero-order chi connectivity index (χ0) is 24.5. The van der Waals surface area contributed by atoms with E-state index in [1.54, 1.807) is 21.8 Å². The molecule has 4 aromatic heterocycles. The normalized spacial score (nSPS) is 11.3. The van der Waals surface area contributed by atoms with E-state index in [1.807, 2.05) is 37.0 Å². The van der Waals surface area contributed by atoms with E-state index < -0.39 is 0 Å². The minimum Gasteiger partial charge on any atom is -0.322 e. The highest BCUT2D eigenvalue weighted by molar-refractivity contribution is 5.96. The summed E-state index contributed by atoms with van der Waals surface area (Å²) in [5, 5.41) is 17.3. The SMILES string of the molecule is CCn1ncc(Cn2cc(NC(=O)Cn3nc(C)c4c(-c5ccc(C)cc5)ccnc43)cn2)c1C. The lowest BCUT2D eigenvalue weighted by Crippen LogP contribution is -2.19. The maximum Gasteiger partial charge on any atom is 0.246 e. The molecule has 5 aromatic rings. The van der Waals surface area contributed by atoms with E-state index in [4.69, 9.17) is 0 Å². The van der Waals surface area contributed by atoms with Crippen molar-refractivity contribution in [2.45, 2.75) is 47.3 Å². The third kappa shape index (κ3) is 4.44. The van der Waals surface area contributed by atoms with Gasteiger partial charge in [0.2, 0.25) is 5.91 Å². The first kappa shape index (κ1) is 22.5. The standard InChI is InChI=1S/C26H28N8O/c1-5-33-19(4)21(12-29-33)14-32-15-22(13-28-32)30-24(35)16-34-26-25(18(3)31-34)23(10-11-27-26)20-8-6-17(2)7-9-20/h6-13,15H,5,14,16H2,1-4H3,(H,30,35). The molecule has 0 aliphatic heterocycles. The predicted octanol–water partition coefficient (Wildman–Crippen LogP) is 4.12. The van der Waals surface area contributed by atoms with E-state index in [-0.39, 0.29) is 12.5 Å². The maximum absolute atomic E-state index is 12.8. The second-order valence-corrected chi connectivity index (χ2v) is 8.71. The molecule has 5 rings (SSSR count). The van der Waals surface area contributed by atoms with Crippen LogP contribution >= 0.6 is 0 Å². The summed E-state index contributed by atoms with van der Waals surface area (Å²) >= 11 is 0. The number of benzene rings is 1. The van der Waals surface area contributed by atoms with Crippen LogP contribution in [0.1, 0.15) is 29.4 Å². The van der Waals surface area contributed by atoms with Crippen LogP contribution in [0, 0.1) is 20.8 Å². The van der Waals surface area contributed by atoms with Gasteiger partial charge in [-0.15, -0.1) is 0 Å². The van der Waals surface area contributed by atoms with Crippen LogP contribution in [0.25, 0.3) is 22.2 Å². The van der Waals surface area contributed by atoms with E-state index in [1.165, 1.54) is 5.56 Å². The van der Waals surface area contributed by atoms with Gasteiger partial charge >= 0.3 is 0 Å². The quantitative estimate of drug-likeness (QED) is 0.388. The fourth-order valence-corrected chi connectivity index (χ4v) is 4.35. The van der Waals surface area contributed by atoms with Crippen molar-refractivity contribution in [1.29, 1.82) is 0 Å². The third-order valence-electron chi connectivity index (χ3n) is 6.22. The number of nitrogens with one attached hydrogen (secondary N) is 1. The lowest BCUT2D eigenvalue weighted by atomic mass is 10.0. The van der Waals surface area contributed by atoms with E-state index in [0.717, 1.165) is 40.0 Å². The number of pyridine rings is 1. The van der Waals surface area contributed by atoms with Gasteiger partial charge in [0.15, 0.2) is 5.65 Å². The Bertz CT molecular complexity index is 1510. The van der Waals surface area contributed by atoms with Gasteiger partial charge in [0.05, 0.1) is 30.3 Å². The van der Waals surface area contributed by atoms with Crippen LogP contribution in [0.2, 0.25) is 0 Å². The Balaban J connectivity index is 1.32. The van der Waals surface area contributed by atoms with Crippen LogP contribution < -0.4 is 5.32 Å². The van der Waals surface area contributed by atoms with Crippen molar-refractivity contribution in [3.05, 3.63) is 77.6 Å². The molecule has 178 valence electrons. The van der Waals surface area contributed by atoms with Crippen LogP contribution in [0.5, 0.6) is 0 Å². The smallest absolute Gasteiger partial charge is 0.246 e. The van der Waals surface area contributed by atoms with Gasteiger partial charge in [-0.3, -0.25) is 14.2 Å². The zero-order valence-electron chi connectivity index (χ0n) is 20.4. The Morgan fingerprint density at radius 1 is 1.00 bits per heavy atom. The van der Waals surface area contributed by atoms with Crippen molar-refractivity contribution in [2.24, 2.45) is 0 Å². The molecule has 1 N–H and O–H groups in total. The number of carbonyl (C=O) groups excluding carboxylic acids is 1.